The summed E-state index contributed by atoms with van der Waals surface area (Å²) < 4.78 is 32.8. The second kappa shape index (κ2) is 9.68. The van der Waals surface area contributed by atoms with Gasteiger partial charge in [0.15, 0.2) is 0 Å². The van der Waals surface area contributed by atoms with Gasteiger partial charge in [0, 0.05) is 37.2 Å². The Morgan fingerprint density at radius 3 is 2.62 bits per heavy atom. The molecule has 0 spiro atoms. The van der Waals surface area contributed by atoms with E-state index in [1.54, 1.807) is 43.5 Å². The molecule has 0 aliphatic carbocycles. The molecule has 172 valence electrons. The second-order valence-corrected chi connectivity index (χ2v) is 10.6. The number of rotatable bonds is 6. The van der Waals surface area contributed by atoms with Crippen LogP contribution in [0.15, 0.2) is 53.4 Å². The molecule has 4 rings (SSSR count). The van der Waals surface area contributed by atoms with Gasteiger partial charge in [-0.1, -0.05) is 29.8 Å². The van der Waals surface area contributed by atoms with Crippen molar-refractivity contribution in [1.82, 2.24) is 9.62 Å². The zero-order valence-corrected chi connectivity index (χ0v) is 19.6. The van der Waals surface area contributed by atoms with E-state index < -0.39 is 10.0 Å². The van der Waals surface area contributed by atoms with E-state index in [1.807, 2.05) is 12.1 Å². The minimum atomic E-state index is -3.59. The van der Waals surface area contributed by atoms with Crippen molar-refractivity contribution in [1.29, 1.82) is 0 Å². The molecule has 1 amide bonds. The third-order valence-electron chi connectivity index (χ3n) is 6.15. The van der Waals surface area contributed by atoms with Gasteiger partial charge in [-0.15, -0.1) is 0 Å². The molecule has 0 radical (unpaired) electrons. The number of halogens is 1. The number of anilines is 1. The number of sulfonamides is 1. The third-order valence-corrected chi connectivity index (χ3v) is 8.27. The molecule has 2 aromatic rings. The average Bonchev–Trinajstić information content (AvgIpc) is 3.28. The van der Waals surface area contributed by atoms with Gasteiger partial charge in [-0.2, -0.15) is 4.31 Å². The Morgan fingerprint density at radius 1 is 1.09 bits per heavy atom. The van der Waals surface area contributed by atoms with Gasteiger partial charge >= 0.3 is 0 Å². The van der Waals surface area contributed by atoms with Crippen molar-refractivity contribution < 1.29 is 17.9 Å². The molecular formula is C23H28ClN3O4S. The predicted molar refractivity (Wildman–Crippen MR) is 125 cm³/mol. The summed E-state index contributed by atoms with van der Waals surface area (Å²) in [5, 5.41) is 3.77. The lowest BCUT2D eigenvalue weighted by Crippen LogP contribution is -2.48. The predicted octanol–water partition coefficient (Wildman–Crippen LogP) is 3.14. The van der Waals surface area contributed by atoms with Crippen LogP contribution in [0.3, 0.4) is 0 Å². The van der Waals surface area contributed by atoms with Crippen LogP contribution in [0.25, 0.3) is 0 Å². The lowest BCUT2D eigenvalue weighted by molar-refractivity contribution is -0.126. The molecule has 2 unspecified atom stereocenters. The van der Waals surface area contributed by atoms with Crippen molar-refractivity contribution in [2.24, 2.45) is 5.92 Å². The standard InChI is InChI=1S/C23H28ClN3O4S/c1-31-22-10-9-18(24)14-21(22)26-13-11-19(16-26)25-23(28)17-6-5-12-27(15-17)32(29,30)20-7-3-2-4-8-20/h2-4,7-10,14,17,19H,5-6,11-13,15-16H2,1H3,(H,25,28). The largest absolute Gasteiger partial charge is 0.495 e. The summed E-state index contributed by atoms with van der Waals surface area (Å²) >= 11 is 6.16. The molecule has 1 N–H and O–H groups in total. The molecule has 2 aliphatic heterocycles. The summed E-state index contributed by atoms with van der Waals surface area (Å²) in [5.74, 6) is 0.315. The number of amides is 1. The molecular weight excluding hydrogens is 450 g/mol. The van der Waals surface area contributed by atoms with E-state index in [0.29, 0.717) is 31.0 Å². The fourth-order valence-corrected chi connectivity index (χ4v) is 6.15. The van der Waals surface area contributed by atoms with E-state index in [2.05, 4.69) is 10.2 Å². The number of hydrogen-bond donors (Lipinski definition) is 1. The number of methoxy groups -OCH3 is 1. The van der Waals surface area contributed by atoms with Crippen molar-refractivity contribution >= 4 is 33.2 Å². The van der Waals surface area contributed by atoms with Gasteiger partial charge in [0.1, 0.15) is 5.75 Å². The molecule has 0 bridgehead atoms. The Bertz CT molecular complexity index is 1060. The van der Waals surface area contributed by atoms with E-state index in [1.165, 1.54) is 4.31 Å². The monoisotopic (exact) mass is 477 g/mol. The Hall–Kier alpha value is -2.29. The van der Waals surface area contributed by atoms with Crippen molar-refractivity contribution in [3.05, 3.63) is 53.6 Å². The first-order chi connectivity index (χ1) is 15.4. The topological polar surface area (TPSA) is 79.0 Å². The number of piperidine rings is 1. The Labute approximate surface area is 194 Å². The highest BCUT2D eigenvalue weighted by Crippen LogP contribution is 2.33. The van der Waals surface area contributed by atoms with Crippen LogP contribution in [0.1, 0.15) is 19.3 Å². The van der Waals surface area contributed by atoms with Gasteiger partial charge in [0.25, 0.3) is 0 Å². The molecule has 2 aliphatic rings. The fraction of sp³-hybridized carbons (Fsp3) is 0.435. The number of nitrogens with zero attached hydrogens (tertiary/aromatic N) is 2. The van der Waals surface area contributed by atoms with E-state index in [-0.39, 0.29) is 29.3 Å². The summed E-state index contributed by atoms with van der Waals surface area (Å²) in [6.07, 6.45) is 2.16. The first-order valence-corrected chi connectivity index (χ1v) is 12.6. The van der Waals surface area contributed by atoms with Gasteiger partial charge in [-0.25, -0.2) is 8.42 Å². The van der Waals surface area contributed by atoms with Crippen molar-refractivity contribution in [2.75, 3.05) is 38.2 Å². The van der Waals surface area contributed by atoms with Crippen LogP contribution < -0.4 is 15.0 Å². The van der Waals surface area contributed by atoms with Gasteiger partial charge in [-0.3, -0.25) is 4.79 Å². The summed E-state index contributed by atoms with van der Waals surface area (Å²) in [5.41, 5.74) is 0.912. The molecule has 2 saturated heterocycles. The summed E-state index contributed by atoms with van der Waals surface area (Å²) in [6.45, 7) is 2.08. The summed E-state index contributed by atoms with van der Waals surface area (Å²) in [6, 6.07) is 13.9. The summed E-state index contributed by atoms with van der Waals surface area (Å²) in [7, 11) is -1.97. The highest BCUT2D eigenvalue weighted by Gasteiger charge is 2.35. The van der Waals surface area contributed by atoms with Crippen molar-refractivity contribution in [3.63, 3.8) is 0 Å². The first kappa shape index (κ1) is 22.9. The van der Waals surface area contributed by atoms with Crippen LogP contribution >= 0.6 is 11.6 Å². The maximum absolute atomic E-state index is 13.0. The number of nitrogens with one attached hydrogen (secondary N) is 1. The van der Waals surface area contributed by atoms with Crippen LogP contribution in [0.4, 0.5) is 5.69 Å². The minimum Gasteiger partial charge on any atom is -0.495 e. The molecule has 9 heteroatoms. The number of carbonyl (C=O) groups is 1. The molecule has 2 heterocycles. The zero-order valence-electron chi connectivity index (χ0n) is 18.0. The molecule has 0 saturated carbocycles. The van der Waals surface area contributed by atoms with Gasteiger partial charge in [0.2, 0.25) is 15.9 Å². The lowest BCUT2D eigenvalue weighted by atomic mass is 9.98. The second-order valence-electron chi connectivity index (χ2n) is 8.27. The molecule has 2 atom stereocenters. The van der Waals surface area contributed by atoms with E-state index in [4.69, 9.17) is 16.3 Å². The van der Waals surface area contributed by atoms with E-state index in [9.17, 15) is 13.2 Å². The molecule has 2 fully saturated rings. The van der Waals surface area contributed by atoms with Crippen LogP contribution in [-0.2, 0) is 14.8 Å². The van der Waals surface area contributed by atoms with Gasteiger partial charge in [-0.05, 0) is 49.6 Å². The fourth-order valence-electron chi connectivity index (χ4n) is 4.44. The maximum atomic E-state index is 13.0. The van der Waals surface area contributed by atoms with Crippen molar-refractivity contribution in [3.8, 4) is 5.75 Å². The minimum absolute atomic E-state index is 0.00713. The first-order valence-electron chi connectivity index (χ1n) is 10.8. The molecule has 32 heavy (non-hydrogen) atoms. The summed E-state index contributed by atoms with van der Waals surface area (Å²) in [4.78, 5) is 15.4. The number of carbonyl (C=O) groups excluding carboxylic acids is 1. The molecule has 7 nitrogen and oxygen atoms in total. The highest BCUT2D eigenvalue weighted by molar-refractivity contribution is 7.89. The maximum Gasteiger partial charge on any atom is 0.243 e. The van der Waals surface area contributed by atoms with Gasteiger partial charge < -0.3 is 15.0 Å². The van der Waals surface area contributed by atoms with Crippen LogP contribution in [0.2, 0.25) is 5.02 Å². The highest BCUT2D eigenvalue weighted by atomic mass is 35.5. The average molecular weight is 478 g/mol. The van der Waals surface area contributed by atoms with E-state index >= 15 is 0 Å². The quantitative estimate of drug-likeness (QED) is 0.691. The van der Waals surface area contributed by atoms with Crippen molar-refractivity contribution in [2.45, 2.75) is 30.2 Å². The SMILES string of the molecule is COc1ccc(Cl)cc1N1CCC(NC(=O)C2CCCN(S(=O)(=O)c3ccccc3)C2)C1. The Balaban J connectivity index is 1.38. The molecule has 0 aromatic heterocycles. The molecule has 2 aromatic carbocycles. The number of ether oxygens (including phenoxy) is 1. The Kier molecular flexibility index (Phi) is 6.93. The normalized spacial score (nSPS) is 22.0. The third kappa shape index (κ3) is 4.87. The zero-order chi connectivity index (χ0) is 22.7. The van der Waals surface area contributed by atoms with Crippen LogP contribution in [-0.4, -0.2) is 58.0 Å². The van der Waals surface area contributed by atoms with Gasteiger partial charge in [0.05, 0.1) is 23.6 Å². The Morgan fingerprint density at radius 2 is 1.88 bits per heavy atom. The number of benzene rings is 2. The smallest absolute Gasteiger partial charge is 0.243 e. The lowest BCUT2D eigenvalue weighted by Gasteiger charge is -2.32. The van der Waals surface area contributed by atoms with Crippen LogP contribution in [0, 0.1) is 5.92 Å². The van der Waals surface area contributed by atoms with Crippen LogP contribution in [0.5, 0.6) is 5.75 Å². The van der Waals surface area contributed by atoms with E-state index in [0.717, 1.165) is 24.4 Å². The number of hydrogen-bond acceptors (Lipinski definition) is 5.